The number of ether oxygens (including phenoxy) is 1. The number of rotatable bonds is 7. The second kappa shape index (κ2) is 7.31. The SMILES string of the molecule is CC[C@@H](N)[C@](C)(O)/C=C/COCc1ccccc1. The van der Waals surface area contributed by atoms with Crippen molar-refractivity contribution in [3.8, 4) is 0 Å². The first kappa shape index (κ1) is 14.9. The van der Waals surface area contributed by atoms with E-state index < -0.39 is 5.60 Å². The summed E-state index contributed by atoms with van der Waals surface area (Å²) in [7, 11) is 0. The summed E-state index contributed by atoms with van der Waals surface area (Å²) in [5, 5.41) is 10.0. The van der Waals surface area contributed by atoms with Crippen LogP contribution in [0.4, 0.5) is 0 Å². The Morgan fingerprint density at radius 1 is 1.39 bits per heavy atom. The van der Waals surface area contributed by atoms with E-state index >= 15 is 0 Å². The molecule has 0 aliphatic heterocycles. The van der Waals surface area contributed by atoms with E-state index in [9.17, 15) is 5.11 Å². The van der Waals surface area contributed by atoms with Crippen molar-refractivity contribution in [1.82, 2.24) is 0 Å². The molecule has 1 aromatic carbocycles. The lowest BCUT2D eigenvalue weighted by Gasteiger charge is -2.25. The van der Waals surface area contributed by atoms with E-state index in [1.807, 2.05) is 43.3 Å². The molecule has 0 unspecified atom stereocenters. The Labute approximate surface area is 109 Å². The summed E-state index contributed by atoms with van der Waals surface area (Å²) in [5.41, 5.74) is 5.99. The number of hydrogen-bond acceptors (Lipinski definition) is 3. The molecule has 0 bridgehead atoms. The van der Waals surface area contributed by atoms with E-state index in [1.54, 1.807) is 13.0 Å². The maximum atomic E-state index is 10.0. The minimum absolute atomic E-state index is 0.247. The van der Waals surface area contributed by atoms with E-state index in [-0.39, 0.29) is 6.04 Å². The molecule has 0 spiro atoms. The van der Waals surface area contributed by atoms with Crippen molar-refractivity contribution < 1.29 is 9.84 Å². The van der Waals surface area contributed by atoms with Crippen molar-refractivity contribution >= 4 is 0 Å². The monoisotopic (exact) mass is 249 g/mol. The highest BCUT2D eigenvalue weighted by Gasteiger charge is 2.23. The molecule has 1 rings (SSSR count). The molecule has 0 aliphatic carbocycles. The molecule has 3 N–H and O–H groups in total. The zero-order valence-corrected chi connectivity index (χ0v) is 11.2. The molecule has 3 nitrogen and oxygen atoms in total. The topological polar surface area (TPSA) is 55.5 Å². The van der Waals surface area contributed by atoms with Crippen LogP contribution in [0.25, 0.3) is 0 Å². The molecular weight excluding hydrogens is 226 g/mol. The molecule has 18 heavy (non-hydrogen) atoms. The molecule has 0 heterocycles. The zero-order chi connectivity index (χ0) is 13.4. The quantitative estimate of drug-likeness (QED) is 0.575. The molecule has 0 amide bonds. The maximum Gasteiger partial charge on any atom is 0.0950 e. The Hall–Kier alpha value is -1.16. The third kappa shape index (κ3) is 5.00. The largest absolute Gasteiger partial charge is 0.384 e. The third-order valence-electron chi connectivity index (χ3n) is 2.97. The molecule has 2 atom stereocenters. The third-order valence-corrected chi connectivity index (χ3v) is 2.97. The van der Waals surface area contributed by atoms with Crippen LogP contribution in [-0.2, 0) is 11.3 Å². The van der Waals surface area contributed by atoms with Crippen LogP contribution in [0.3, 0.4) is 0 Å². The van der Waals surface area contributed by atoms with Crippen molar-refractivity contribution in [2.24, 2.45) is 5.73 Å². The van der Waals surface area contributed by atoms with Crippen molar-refractivity contribution in [2.75, 3.05) is 6.61 Å². The summed E-state index contributed by atoms with van der Waals surface area (Å²) in [4.78, 5) is 0. The molecule has 0 radical (unpaired) electrons. The van der Waals surface area contributed by atoms with Gasteiger partial charge in [0.05, 0.1) is 18.8 Å². The van der Waals surface area contributed by atoms with Crippen LogP contribution in [0.2, 0.25) is 0 Å². The molecule has 1 aromatic rings. The van der Waals surface area contributed by atoms with Gasteiger partial charge in [-0.2, -0.15) is 0 Å². The highest BCUT2D eigenvalue weighted by Crippen LogP contribution is 2.12. The molecule has 0 fully saturated rings. The summed E-state index contributed by atoms with van der Waals surface area (Å²) < 4.78 is 5.49. The predicted molar refractivity (Wildman–Crippen MR) is 74.1 cm³/mol. The van der Waals surface area contributed by atoms with Gasteiger partial charge in [-0.05, 0) is 18.9 Å². The normalized spacial score (nSPS) is 16.7. The smallest absolute Gasteiger partial charge is 0.0950 e. The highest BCUT2D eigenvalue weighted by molar-refractivity contribution is 5.13. The van der Waals surface area contributed by atoms with Gasteiger partial charge in [0.1, 0.15) is 0 Å². The zero-order valence-electron chi connectivity index (χ0n) is 11.2. The van der Waals surface area contributed by atoms with Gasteiger partial charge in [0.2, 0.25) is 0 Å². The molecule has 0 saturated heterocycles. The first-order chi connectivity index (χ1) is 8.56. The first-order valence-corrected chi connectivity index (χ1v) is 6.33. The fraction of sp³-hybridized carbons (Fsp3) is 0.467. The Morgan fingerprint density at radius 3 is 2.67 bits per heavy atom. The number of aliphatic hydroxyl groups is 1. The molecule has 3 heteroatoms. The van der Waals surface area contributed by atoms with Gasteiger partial charge >= 0.3 is 0 Å². The second-order valence-electron chi connectivity index (χ2n) is 4.64. The van der Waals surface area contributed by atoms with E-state index in [1.165, 1.54) is 0 Å². The molecule has 0 aliphatic rings. The van der Waals surface area contributed by atoms with Gasteiger partial charge in [-0.1, -0.05) is 49.4 Å². The van der Waals surface area contributed by atoms with Crippen molar-refractivity contribution in [3.05, 3.63) is 48.0 Å². The van der Waals surface area contributed by atoms with E-state index in [0.29, 0.717) is 13.2 Å². The van der Waals surface area contributed by atoms with Gasteiger partial charge in [0, 0.05) is 6.04 Å². The molecule has 0 saturated carbocycles. The summed E-state index contributed by atoms with van der Waals surface area (Å²) in [6.07, 6.45) is 4.27. The average Bonchev–Trinajstić information content (AvgIpc) is 2.38. The summed E-state index contributed by atoms with van der Waals surface area (Å²) in [5.74, 6) is 0. The number of benzene rings is 1. The van der Waals surface area contributed by atoms with Gasteiger partial charge in [-0.3, -0.25) is 0 Å². The maximum absolute atomic E-state index is 10.0. The predicted octanol–water partition coefficient (Wildman–Crippen LogP) is 2.25. The highest BCUT2D eigenvalue weighted by atomic mass is 16.5. The summed E-state index contributed by atoms with van der Waals surface area (Å²) in [6.45, 7) is 4.72. The number of nitrogens with two attached hydrogens (primary N) is 1. The van der Waals surface area contributed by atoms with Gasteiger partial charge in [0.15, 0.2) is 0 Å². The Morgan fingerprint density at radius 2 is 2.06 bits per heavy atom. The van der Waals surface area contributed by atoms with Crippen molar-refractivity contribution in [2.45, 2.75) is 38.5 Å². The van der Waals surface area contributed by atoms with Crippen molar-refractivity contribution in [1.29, 1.82) is 0 Å². The van der Waals surface area contributed by atoms with Gasteiger partial charge in [0.25, 0.3) is 0 Å². The second-order valence-corrected chi connectivity index (χ2v) is 4.64. The van der Waals surface area contributed by atoms with Crippen LogP contribution in [-0.4, -0.2) is 23.4 Å². The van der Waals surface area contributed by atoms with Crippen LogP contribution in [0.1, 0.15) is 25.8 Å². The standard InChI is InChI=1S/C15H23NO2/c1-3-14(16)15(2,17)10-7-11-18-12-13-8-5-4-6-9-13/h4-10,14,17H,3,11-12,16H2,1-2H3/b10-7+/t14-,15-/m1/s1. The average molecular weight is 249 g/mol. The minimum Gasteiger partial charge on any atom is -0.384 e. The fourth-order valence-corrected chi connectivity index (χ4v) is 1.64. The Balaban J connectivity index is 2.29. The molecular formula is C15H23NO2. The van der Waals surface area contributed by atoms with Crippen LogP contribution in [0.15, 0.2) is 42.5 Å². The lowest BCUT2D eigenvalue weighted by atomic mass is 9.95. The molecule has 100 valence electrons. The van der Waals surface area contributed by atoms with E-state index in [4.69, 9.17) is 10.5 Å². The van der Waals surface area contributed by atoms with Gasteiger partial charge in [-0.15, -0.1) is 0 Å². The Kier molecular flexibility index (Phi) is 6.05. The minimum atomic E-state index is -0.967. The first-order valence-electron chi connectivity index (χ1n) is 6.33. The van der Waals surface area contributed by atoms with E-state index in [2.05, 4.69) is 0 Å². The molecule has 0 aromatic heterocycles. The Bertz CT molecular complexity index is 360. The number of hydrogen-bond donors (Lipinski definition) is 2. The lowest BCUT2D eigenvalue weighted by molar-refractivity contribution is 0.0786. The van der Waals surface area contributed by atoms with Crippen LogP contribution in [0, 0.1) is 0 Å². The van der Waals surface area contributed by atoms with Gasteiger partial charge < -0.3 is 15.6 Å². The van der Waals surface area contributed by atoms with E-state index in [0.717, 1.165) is 12.0 Å². The van der Waals surface area contributed by atoms with Crippen LogP contribution >= 0.6 is 0 Å². The summed E-state index contributed by atoms with van der Waals surface area (Å²) >= 11 is 0. The lowest BCUT2D eigenvalue weighted by Crippen LogP contribution is -2.43. The summed E-state index contributed by atoms with van der Waals surface area (Å²) in [6, 6.07) is 9.74. The van der Waals surface area contributed by atoms with Crippen molar-refractivity contribution in [3.63, 3.8) is 0 Å². The fourth-order valence-electron chi connectivity index (χ4n) is 1.64. The van der Waals surface area contributed by atoms with Gasteiger partial charge in [-0.25, -0.2) is 0 Å². The van der Waals surface area contributed by atoms with Crippen LogP contribution < -0.4 is 5.73 Å². The van der Waals surface area contributed by atoms with Crippen LogP contribution in [0.5, 0.6) is 0 Å².